The van der Waals surface area contributed by atoms with Crippen LogP contribution >= 0.6 is 11.8 Å². The number of hydrogen-bond donors (Lipinski definition) is 0. The second-order valence-electron chi connectivity index (χ2n) is 8.58. The molecular weight excluding hydrogens is 462 g/mol. The quantitative estimate of drug-likeness (QED) is 0.227. The van der Waals surface area contributed by atoms with E-state index in [2.05, 4.69) is 4.98 Å². The molecule has 1 heterocycles. The molecule has 0 aliphatic heterocycles. The second-order valence-corrected chi connectivity index (χ2v) is 11.9. The summed E-state index contributed by atoms with van der Waals surface area (Å²) in [6, 6.07) is 24.0. The van der Waals surface area contributed by atoms with Crippen LogP contribution in [0, 0.1) is 0 Å². The molecule has 3 aromatic carbocycles. The molecule has 0 amide bonds. The van der Waals surface area contributed by atoms with E-state index in [0.29, 0.717) is 6.42 Å². The van der Waals surface area contributed by atoms with Crippen LogP contribution in [-0.2, 0) is 21.1 Å². The Labute approximate surface area is 205 Å². The Morgan fingerprint density at radius 3 is 2.41 bits per heavy atom. The number of nitrogens with zero attached hydrogens (tertiary/aromatic N) is 1. The molecule has 2 atom stereocenters. The average Bonchev–Trinajstić information content (AvgIpc) is 2.84. The van der Waals surface area contributed by atoms with Gasteiger partial charge < -0.3 is 4.79 Å². The molecule has 34 heavy (non-hydrogen) atoms. The number of carbonyl (C=O) groups is 1. The molecule has 4 nitrogen and oxygen atoms in total. The van der Waals surface area contributed by atoms with E-state index in [1.165, 1.54) is 6.26 Å². The number of aldehydes is 1. The number of benzene rings is 3. The summed E-state index contributed by atoms with van der Waals surface area (Å²) in [6.45, 7) is 1.74. The molecule has 0 saturated heterocycles. The van der Waals surface area contributed by atoms with Gasteiger partial charge in [-0.15, -0.1) is 11.8 Å². The first-order valence-electron chi connectivity index (χ1n) is 11.1. The van der Waals surface area contributed by atoms with Gasteiger partial charge in [-0.1, -0.05) is 42.5 Å². The van der Waals surface area contributed by atoms with Gasteiger partial charge in [0.15, 0.2) is 0 Å². The van der Waals surface area contributed by atoms with Crippen LogP contribution in [0.2, 0.25) is 0 Å². The average molecular weight is 490 g/mol. The minimum Gasteiger partial charge on any atom is -0.302 e. The van der Waals surface area contributed by atoms with Crippen LogP contribution in [0.1, 0.15) is 29.5 Å². The Hall–Kier alpha value is -2.96. The molecule has 0 aliphatic rings. The van der Waals surface area contributed by atoms with Crippen LogP contribution in [0.25, 0.3) is 22.0 Å². The van der Waals surface area contributed by atoms with Crippen molar-refractivity contribution in [2.45, 2.75) is 29.4 Å². The first kappa shape index (κ1) is 24.2. The smallest absolute Gasteiger partial charge is 0.150 e. The van der Waals surface area contributed by atoms with Gasteiger partial charge in [-0.2, -0.15) is 0 Å². The van der Waals surface area contributed by atoms with E-state index in [4.69, 9.17) is 0 Å². The first-order chi connectivity index (χ1) is 16.3. The van der Waals surface area contributed by atoms with Crippen LogP contribution in [0.15, 0.2) is 83.9 Å². The van der Waals surface area contributed by atoms with Gasteiger partial charge in [0.25, 0.3) is 0 Å². The lowest BCUT2D eigenvalue weighted by molar-refractivity contribution is -0.108. The molecule has 0 radical (unpaired) electrons. The van der Waals surface area contributed by atoms with E-state index >= 15 is 0 Å². The van der Waals surface area contributed by atoms with Gasteiger partial charge in [-0.05, 0) is 72.2 Å². The summed E-state index contributed by atoms with van der Waals surface area (Å²) in [6.07, 6.45) is 6.47. The lowest BCUT2D eigenvalue weighted by Crippen LogP contribution is -2.18. The van der Waals surface area contributed by atoms with Crippen molar-refractivity contribution in [3.8, 4) is 11.1 Å². The number of aromatic nitrogens is 1. The zero-order chi connectivity index (χ0) is 24.3. The lowest BCUT2D eigenvalue weighted by atomic mass is 9.89. The maximum Gasteiger partial charge on any atom is 0.150 e. The van der Waals surface area contributed by atoms with E-state index in [-0.39, 0.29) is 5.92 Å². The topological polar surface area (TPSA) is 64.1 Å². The van der Waals surface area contributed by atoms with E-state index < -0.39 is 15.1 Å². The largest absolute Gasteiger partial charge is 0.302 e. The fourth-order valence-electron chi connectivity index (χ4n) is 4.14. The predicted octanol–water partition coefficient (Wildman–Crippen LogP) is 5.93. The molecule has 174 valence electrons. The van der Waals surface area contributed by atoms with E-state index in [9.17, 15) is 13.2 Å². The maximum atomic E-state index is 12.1. The molecule has 4 aromatic rings. The van der Waals surface area contributed by atoms with Gasteiger partial charge in [0.1, 0.15) is 16.1 Å². The van der Waals surface area contributed by atoms with Crippen molar-refractivity contribution >= 4 is 38.8 Å². The van der Waals surface area contributed by atoms with Crippen LogP contribution in [0.5, 0.6) is 0 Å². The number of sulfone groups is 1. The molecule has 0 fully saturated rings. The number of thioether (sulfide) groups is 1. The van der Waals surface area contributed by atoms with Gasteiger partial charge in [0.05, 0.1) is 16.7 Å². The number of rotatable bonds is 8. The highest BCUT2D eigenvalue weighted by molar-refractivity contribution is 7.98. The van der Waals surface area contributed by atoms with Crippen molar-refractivity contribution in [3.63, 3.8) is 0 Å². The highest BCUT2D eigenvalue weighted by Crippen LogP contribution is 2.33. The van der Waals surface area contributed by atoms with Crippen LogP contribution in [-0.4, -0.2) is 37.4 Å². The summed E-state index contributed by atoms with van der Waals surface area (Å²) in [4.78, 5) is 17.9. The molecule has 4 rings (SSSR count). The molecule has 6 heteroatoms. The Kier molecular flexibility index (Phi) is 7.19. The fraction of sp³-hybridized carbons (Fsp3) is 0.214. The molecule has 1 aromatic heterocycles. The Morgan fingerprint density at radius 1 is 0.971 bits per heavy atom. The summed E-state index contributed by atoms with van der Waals surface area (Å²) in [7, 11) is -3.14. The number of fused-ring (bicyclic) bond motifs is 1. The third-order valence-corrected chi connectivity index (χ3v) is 8.56. The summed E-state index contributed by atoms with van der Waals surface area (Å²) < 4.78 is 24.1. The van der Waals surface area contributed by atoms with Gasteiger partial charge >= 0.3 is 0 Å². The maximum absolute atomic E-state index is 12.1. The normalized spacial score (nSPS) is 13.5. The summed E-state index contributed by atoms with van der Waals surface area (Å²) in [5.74, 6) is -0.372. The van der Waals surface area contributed by atoms with Crippen molar-refractivity contribution in [3.05, 3.63) is 95.7 Å². The van der Waals surface area contributed by atoms with Gasteiger partial charge in [-0.25, -0.2) is 8.42 Å². The zero-order valence-electron chi connectivity index (χ0n) is 19.4. The van der Waals surface area contributed by atoms with Gasteiger partial charge in [-0.3, -0.25) is 4.98 Å². The molecule has 0 aliphatic carbocycles. The van der Waals surface area contributed by atoms with E-state index in [0.717, 1.165) is 49.9 Å². The first-order valence-corrected chi connectivity index (χ1v) is 14.2. The number of hydrogen-bond acceptors (Lipinski definition) is 5. The van der Waals surface area contributed by atoms with Crippen molar-refractivity contribution in [1.82, 2.24) is 4.98 Å². The van der Waals surface area contributed by atoms with Gasteiger partial charge in [0, 0.05) is 28.3 Å². The van der Waals surface area contributed by atoms with Crippen molar-refractivity contribution in [2.75, 3.05) is 12.5 Å². The monoisotopic (exact) mass is 489 g/mol. The minimum absolute atomic E-state index is 0.372. The molecule has 2 unspecified atom stereocenters. The Bertz CT molecular complexity index is 1430. The highest BCUT2D eigenvalue weighted by atomic mass is 32.2. The summed E-state index contributed by atoms with van der Waals surface area (Å²) in [5.41, 5.74) is 5.52. The van der Waals surface area contributed by atoms with Crippen molar-refractivity contribution < 1.29 is 13.2 Å². The molecular formula is C28H27NO3S2. The molecule has 0 bridgehead atoms. The van der Waals surface area contributed by atoms with Crippen LogP contribution in [0.4, 0.5) is 0 Å². The zero-order valence-corrected chi connectivity index (χ0v) is 21.1. The molecule has 0 saturated carbocycles. The Balaban J connectivity index is 1.79. The summed E-state index contributed by atoms with van der Waals surface area (Å²) in [5, 5.41) is 0.477. The van der Waals surface area contributed by atoms with Crippen molar-refractivity contribution in [2.24, 2.45) is 0 Å². The van der Waals surface area contributed by atoms with Crippen molar-refractivity contribution in [1.29, 1.82) is 0 Å². The lowest BCUT2D eigenvalue weighted by Gasteiger charge is -2.16. The second kappa shape index (κ2) is 10.1. The highest BCUT2D eigenvalue weighted by Gasteiger charge is 2.18. The third kappa shape index (κ3) is 5.24. The standard InChI is InChI=1S/C28H27NO3S2/c1-19(34(3,31)32)14-20-15-24-8-5-13-29-28(24)26(16-20)22-6-4-7-23(17-22)27(18-30)21-9-11-25(33-2)12-10-21/h4-13,15-19,27H,14H2,1-3H3. The summed E-state index contributed by atoms with van der Waals surface area (Å²) >= 11 is 1.67. The van der Waals surface area contributed by atoms with Crippen LogP contribution < -0.4 is 0 Å². The number of pyridine rings is 1. The third-order valence-electron chi connectivity index (χ3n) is 6.19. The SMILES string of the molecule is CSc1ccc(C(C=O)c2cccc(-c3cc(CC(C)S(C)(=O)=O)cc4cccnc34)c2)cc1. The predicted molar refractivity (Wildman–Crippen MR) is 141 cm³/mol. The number of carbonyl (C=O) groups excluding carboxylic acids is 1. The molecule has 0 N–H and O–H groups in total. The van der Waals surface area contributed by atoms with E-state index in [1.54, 1.807) is 24.9 Å². The fourth-order valence-corrected chi connectivity index (χ4v) is 5.04. The minimum atomic E-state index is -3.14. The molecule has 0 spiro atoms. The Morgan fingerprint density at radius 2 is 1.74 bits per heavy atom. The van der Waals surface area contributed by atoms with Gasteiger partial charge in [0.2, 0.25) is 0 Å². The van der Waals surface area contributed by atoms with Crippen LogP contribution in [0.3, 0.4) is 0 Å². The van der Waals surface area contributed by atoms with E-state index in [1.807, 2.05) is 79.1 Å².